The van der Waals surface area contributed by atoms with Gasteiger partial charge in [-0.15, -0.1) is 0 Å². The van der Waals surface area contributed by atoms with Crippen molar-refractivity contribution in [1.82, 2.24) is 5.32 Å². The second-order valence-electron chi connectivity index (χ2n) is 2.23. The molecular weight excluding hydrogens is 207 g/mol. The van der Waals surface area contributed by atoms with E-state index in [1.807, 2.05) is 0 Å². The first kappa shape index (κ1) is 10.4. The molecule has 1 aliphatic rings. The van der Waals surface area contributed by atoms with Gasteiger partial charge in [0.15, 0.2) is 0 Å². The van der Waals surface area contributed by atoms with Crippen LogP contribution in [-0.2, 0) is 42.3 Å². The van der Waals surface area contributed by atoms with Crippen LogP contribution in [0.2, 0.25) is 0 Å². The molecule has 2 unspecified atom stereocenters. The molecule has 0 aromatic rings. The van der Waals surface area contributed by atoms with Crippen LogP contribution in [0.1, 0.15) is 6.92 Å². The molecule has 4 heteroatoms. The maximum atomic E-state index is 10.7. The van der Waals surface area contributed by atoms with Gasteiger partial charge in [0.1, 0.15) is 5.78 Å². The van der Waals surface area contributed by atoms with E-state index >= 15 is 0 Å². The first-order valence-electron chi connectivity index (χ1n) is 2.89. The summed E-state index contributed by atoms with van der Waals surface area (Å²) >= 11 is 0. The maximum absolute atomic E-state index is 10.7. The zero-order chi connectivity index (χ0) is 6.85. The van der Waals surface area contributed by atoms with Gasteiger partial charge >= 0.3 is 0 Å². The quantitative estimate of drug-likeness (QED) is 0.586. The molecule has 1 saturated heterocycles. The van der Waals surface area contributed by atoms with Crippen LogP contribution >= 0.6 is 0 Å². The van der Waals surface area contributed by atoms with Crippen LogP contribution in [0.25, 0.3) is 0 Å². The van der Waals surface area contributed by atoms with Crippen LogP contribution in [0.4, 0.5) is 0 Å². The summed E-state index contributed by atoms with van der Waals surface area (Å²) in [6.07, 6.45) is 1.76. The van der Waals surface area contributed by atoms with Crippen LogP contribution in [0.3, 0.4) is 0 Å². The van der Waals surface area contributed by atoms with Crippen LogP contribution in [0, 0.1) is 5.92 Å². The number of carbonyl (C=O) groups is 1. The number of ketones is 1. The minimum atomic E-state index is -0.363. The SMILES string of the molecule is CC1C(=O)CNC1[C-]=O.[Y]. The largest absolute Gasteiger partial charge is 0.540 e. The van der Waals surface area contributed by atoms with Crippen molar-refractivity contribution < 1.29 is 42.3 Å². The molecule has 0 saturated carbocycles. The molecule has 1 aliphatic heterocycles. The molecule has 0 spiro atoms. The number of hydrogen-bond acceptors (Lipinski definition) is 3. The van der Waals surface area contributed by atoms with Crippen molar-refractivity contribution in [2.24, 2.45) is 5.92 Å². The Hall–Kier alpha value is 0.404. The average molecular weight is 215 g/mol. The predicted octanol–water partition coefficient (Wildman–Crippen LogP) is -0.729. The molecule has 10 heavy (non-hydrogen) atoms. The molecule has 3 nitrogen and oxygen atoms in total. The first-order chi connectivity index (χ1) is 4.25. The van der Waals surface area contributed by atoms with Crippen molar-refractivity contribution in [3.63, 3.8) is 0 Å². The van der Waals surface area contributed by atoms with Gasteiger partial charge in [-0.3, -0.25) is 4.79 Å². The summed E-state index contributed by atoms with van der Waals surface area (Å²) in [7, 11) is 0. The molecule has 1 rings (SSSR count). The Morgan fingerprint density at radius 3 is 2.50 bits per heavy atom. The van der Waals surface area contributed by atoms with Crippen molar-refractivity contribution in [2.75, 3.05) is 6.54 Å². The fourth-order valence-electron chi connectivity index (χ4n) is 0.878. The predicted molar refractivity (Wildman–Crippen MR) is 31.7 cm³/mol. The van der Waals surface area contributed by atoms with E-state index in [0.29, 0.717) is 6.54 Å². The monoisotopic (exact) mass is 215 g/mol. The summed E-state index contributed by atoms with van der Waals surface area (Å²) < 4.78 is 0. The van der Waals surface area contributed by atoms with Gasteiger partial charge in [0, 0.05) is 38.6 Å². The molecule has 1 heterocycles. The molecular formula is C6H8NO2Y-. The Morgan fingerprint density at radius 1 is 1.70 bits per heavy atom. The normalized spacial score (nSPS) is 31.5. The molecule has 0 aliphatic carbocycles. The minimum Gasteiger partial charge on any atom is -0.540 e. The number of hydrogen-bond donors (Lipinski definition) is 1. The topological polar surface area (TPSA) is 46.2 Å². The van der Waals surface area contributed by atoms with E-state index in [1.54, 1.807) is 13.2 Å². The Kier molecular flexibility index (Phi) is 4.49. The van der Waals surface area contributed by atoms with E-state index in [2.05, 4.69) is 5.32 Å². The van der Waals surface area contributed by atoms with Crippen LogP contribution in [-0.4, -0.2) is 24.7 Å². The van der Waals surface area contributed by atoms with E-state index < -0.39 is 0 Å². The van der Waals surface area contributed by atoms with Crippen LogP contribution in [0.15, 0.2) is 0 Å². The van der Waals surface area contributed by atoms with Crippen molar-refractivity contribution in [3.8, 4) is 0 Å². The van der Waals surface area contributed by atoms with Crippen molar-refractivity contribution >= 4 is 12.1 Å². The van der Waals surface area contributed by atoms with Gasteiger partial charge in [0.05, 0.1) is 6.54 Å². The van der Waals surface area contributed by atoms with Gasteiger partial charge < -0.3 is 10.1 Å². The number of rotatable bonds is 1. The van der Waals surface area contributed by atoms with E-state index in [0.717, 1.165) is 0 Å². The third-order valence-corrected chi connectivity index (χ3v) is 1.63. The second-order valence-corrected chi connectivity index (χ2v) is 2.23. The number of Topliss-reactive ketones (excluding diaryl/α,β-unsaturated/α-hetero) is 1. The third-order valence-electron chi connectivity index (χ3n) is 1.63. The zero-order valence-electron chi connectivity index (χ0n) is 5.76. The minimum absolute atomic E-state index is 0. The maximum Gasteiger partial charge on any atom is 0.148 e. The molecule has 1 radical (unpaired) electrons. The fourth-order valence-corrected chi connectivity index (χ4v) is 0.878. The summed E-state index contributed by atoms with van der Waals surface area (Å²) in [5.41, 5.74) is 0. The second kappa shape index (κ2) is 4.32. The van der Waals surface area contributed by atoms with Crippen LogP contribution < -0.4 is 5.32 Å². The first-order valence-corrected chi connectivity index (χ1v) is 2.89. The average Bonchev–Trinajstić information content (AvgIpc) is 2.15. The summed E-state index contributed by atoms with van der Waals surface area (Å²) in [6, 6.07) is -0.363. The number of nitrogens with one attached hydrogen (secondary N) is 1. The Bertz CT molecular complexity index is 149. The van der Waals surface area contributed by atoms with Gasteiger partial charge in [-0.1, -0.05) is 13.0 Å². The van der Waals surface area contributed by atoms with E-state index in [-0.39, 0.29) is 50.5 Å². The van der Waals surface area contributed by atoms with Gasteiger partial charge in [-0.05, 0) is 0 Å². The van der Waals surface area contributed by atoms with Gasteiger partial charge in [-0.2, -0.15) is 0 Å². The standard InChI is InChI=1S/C6H8NO2.Y/c1-4-5(3-8)7-2-6(4)9;/h4-5,7H,2H2,1H3;/q-1;. The molecule has 0 amide bonds. The molecule has 0 bridgehead atoms. The summed E-state index contributed by atoms with van der Waals surface area (Å²) in [4.78, 5) is 20.7. The Balaban J connectivity index is 0.000000810. The van der Waals surface area contributed by atoms with Crippen molar-refractivity contribution in [1.29, 1.82) is 0 Å². The Morgan fingerprint density at radius 2 is 2.30 bits per heavy atom. The summed E-state index contributed by atoms with van der Waals surface area (Å²) in [5, 5.41) is 2.73. The third kappa shape index (κ3) is 1.94. The number of carbonyl (C=O) groups excluding carboxylic acids is 2. The van der Waals surface area contributed by atoms with E-state index in [4.69, 9.17) is 0 Å². The van der Waals surface area contributed by atoms with Crippen molar-refractivity contribution in [2.45, 2.75) is 13.0 Å². The van der Waals surface area contributed by atoms with Gasteiger partial charge in [-0.25, -0.2) is 6.29 Å². The molecule has 1 N–H and O–H groups in total. The van der Waals surface area contributed by atoms with Gasteiger partial charge in [0.2, 0.25) is 0 Å². The molecule has 0 aromatic heterocycles. The summed E-state index contributed by atoms with van der Waals surface area (Å²) in [5.74, 6) is -0.0779. The smallest absolute Gasteiger partial charge is 0.148 e. The van der Waals surface area contributed by atoms with E-state index in [9.17, 15) is 9.59 Å². The molecule has 1 fully saturated rings. The Labute approximate surface area is 84.8 Å². The summed E-state index contributed by atoms with van der Waals surface area (Å²) in [6.45, 7) is 2.05. The molecule has 53 valence electrons. The fraction of sp³-hybridized carbons (Fsp3) is 0.667. The molecule has 2 atom stereocenters. The van der Waals surface area contributed by atoms with Crippen LogP contribution in [0.5, 0.6) is 0 Å². The van der Waals surface area contributed by atoms with Crippen molar-refractivity contribution in [3.05, 3.63) is 0 Å². The molecule has 0 aromatic carbocycles. The van der Waals surface area contributed by atoms with E-state index in [1.165, 1.54) is 0 Å². The zero-order valence-corrected chi connectivity index (χ0v) is 8.59. The van der Waals surface area contributed by atoms with Gasteiger partial charge in [0.25, 0.3) is 0 Å².